The Balaban J connectivity index is 1.48. The molecule has 132 valence electrons. The van der Waals surface area contributed by atoms with E-state index in [0.717, 1.165) is 5.82 Å². The predicted molar refractivity (Wildman–Crippen MR) is 95.6 cm³/mol. The summed E-state index contributed by atoms with van der Waals surface area (Å²) in [4.78, 5) is 36.1. The zero-order valence-electron chi connectivity index (χ0n) is 14.0. The summed E-state index contributed by atoms with van der Waals surface area (Å²) in [6.45, 7) is 2.10. The molecule has 6 nitrogen and oxygen atoms in total. The van der Waals surface area contributed by atoms with Gasteiger partial charge in [0.2, 0.25) is 0 Å². The molecule has 3 heterocycles. The minimum Gasteiger partial charge on any atom is -0.360 e. The van der Waals surface area contributed by atoms with Crippen molar-refractivity contribution in [3.63, 3.8) is 0 Å². The highest BCUT2D eigenvalue weighted by Crippen LogP contribution is 2.21. The Morgan fingerprint density at radius 1 is 1.08 bits per heavy atom. The molecule has 0 unspecified atom stereocenters. The first kappa shape index (κ1) is 16.3. The van der Waals surface area contributed by atoms with Crippen LogP contribution < -0.4 is 4.90 Å². The highest BCUT2D eigenvalue weighted by Gasteiger charge is 2.28. The summed E-state index contributed by atoms with van der Waals surface area (Å²) < 4.78 is 13.5. The molecule has 2 aromatic heterocycles. The van der Waals surface area contributed by atoms with Crippen molar-refractivity contribution in [2.45, 2.75) is 0 Å². The number of nitrogens with one attached hydrogen (secondary N) is 1. The molecule has 3 aromatic rings. The summed E-state index contributed by atoms with van der Waals surface area (Å²) in [6.07, 6.45) is 3.20. The number of aromatic nitrogens is 2. The number of benzene rings is 1. The number of carbonyl (C=O) groups is 2. The molecular weight excluding hydrogens is 335 g/mol. The Bertz CT molecular complexity index is 962. The minimum atomic E-state index is -0.617. The van der Waals surface area contributed by atoms with Crippen LogP contribution in [0.4, 0.5) is 10.2 Å². The van der Waals surface area contributed by atoms with Crippen LogP contribution in [0.3, 0.4) is 0 Å². The average Bonchev–Trinajstić information content (AvgIpc) is 3.10. The summed E-state index contributed by atoms with van der Waals surface area (Å²) in [6, 6.07) is 9.82. The minimum absolute atomic E-state index is 0.205. The molecule has 4 rings (SSSR count). The van der Waals surface area contributed by atoms with Crippen molar-refractivity contribution in [1.29, 1.82) is 0 Å². The van der Waals surface area contributed by atoms with Crippen molar-refractivity contribution in [3.05, 3.63) is 60.2 Å². The van der Waals surface area contributed by atoms with E-state index >= 15 is 0 Å². The van der Waals surface area contributed by atoms with Gasteiger partial charge >= 0.3 is 0 Å². The summed E-state index contributed by atoms with van der Waals surface area (Å²) in [7, 11) is 0. The van der Waals surface area contributed by atoms with E-state index in [1.807, 2.05) is 18.2 Å². The van der Waals surface area contributed by atoms with Crippen molar-refractivity contribution in [1.82, 2.24) is 14.9 Å². The Kier molecular flexibility index (Phi) is 4.12. The second-order valence-corrected chi connectivity index (χ2v) is 6.19. The molecule has 0 radical (unpaired) electrons. The quantitative estimate of drug-likeness (QED) is 0.580. The van der Waals surface area contributed by atoms with Gasteiger partial charge in [0.05, 0.1) is 5.56 Å². The van der Waals surface area contributed by atoms with Gasteiger partial charge < -0.3 is 14.8 Å². The van der Waals surface area contributed by atoms with E-state index in [1.165, 1.54) is 18.3 Å². The van der Waals surface area contributed by atoms with Gasteiger partial charge in [-0.15, -0.1) is 0 Å². The lowest BCUT2D eigenvalue weighted by Crippen LogP contribution is -2.50. The third-order valence-electron chi connectivity index (χ3n) is 4.62. The first-order valence-electron chi connectivity index (χ1n) is 8.40. The van der Waals surface area contributed by atoms with Crippen LogP contribution in [0.1, 0.15) is 10.4 Å². The zero-order valence-corrected chi connectivity index (χ0v) is 14.0. The number of piperazine rings is 1. The third kappa shape index (κ3) is 2.92. The third-order valence-corrected chi connectivity index (χ3v) is 4.62. The predicted octanol–water partition coefficient (Wildman–Crippen LogP) is 2.23. The number of pyridine rings is 1. The number of rotatable bonds is 3. The van der Waals surface area contributed by atoms with Crippen LogP contribution in [-0.4, -0.2) is 52.7 Å². The molecule has 0 spiro atoms. The number of hydrogen-bond acceptors (Lipinski definition) is 4. The topological polar surface area (TPSA) is 69.3 Å². The largest absolute Gasteiger partial charge is 0.360 e. The van der Waals surface area contributed by atoms with E-state index in [-0.39, 0.29) is 5.56 Å². The molecule has 1 amide bonds. The molecule has 1 aromatic carbocycles. The summed E-state index contributed by atoms with van der Waals surface area (Å²) in [5.41, 5.74) is 0.833. The van der Waals surface area contributed by atoms with Gasteiger partial charge in [-0.3, -0.25) is 9.59 Å². The van der Waals surface area contributed by atoms with Crippen molar-refractivity contribution < 1.29 is 14.0 Å². The molecule has 1 N–H and O–H groups in total. The Morgan fingerprint density at radius 3 is 2.62 bits per heavy atom. The number of amides is 1. The number of H-pyrrole nitrogens is 1. The Hall–Kier alpha value is -3.22. The maximum Gasteiger partial charge on any atom is 0.295 e. The van der Waals surface area contributed by atoms with E-state index in [2.05, 4.69) is 14.9 Å². The molecule has 0 bridgehead atoms. The molecular formula is C19H17FN4O2. The van der Waals surface area contributed by atoms with Crippen molar-refractivity contribution in [3.8, 4) is 0 Å². The lowest BCUT2D eigenvalue weighted by molar-refractivity contribution is -0.126. The van der Waals surface area contributed by atoms with E-state index in [1.54, 1.807) is 17.2 Å². The summed E-state index contributed by atoms with van der Waals surface area (Å²) in [5.74, 6) is -0.760. The second kappa shape index (κ2) is 6.59. The fourth-order valence-corrected chi connectivity index (χ4v) is 3.22. The monoisotopic (exact) mass is 352 g/mol. The summed E-state index contributed by atoms with van der Waals surface area (Å²) in [5, 5.41) is 0.426. The number of nitrogens with zero attached hydrogens (tertiary/aromatic N) is 3. The Labute approximate surface area is 149 Å². The van der Waals surface area contributed by atoms with Crippen molar-refractivity contribution in [2.75, 3.05) is 31.1 Å². The second-order valence-electron chi connectivity index (χ2n) is 6.19. The van der Waals surface area contributed by atoms with Gasteiger partial charge in [-0.05, 0) is 30.3 Å². The molecule has 0 saturated carbocycles. The van der Waals surface area contributed by atoms with E-state index < -0.39 is 17.5 Å². The summed E-state index contributed by atoms with van der Waals surface area (Å²) >= 11 is 0. The molecule has 7 heteroatoms. The molecule has 1 saturated heterocycles. The Morgan fingerprint density at radius 2 is 1.88 bits per heavy atom. The van der Waals surface area contributed by atoms with Crippen LogP contribution in [-0.2, 0) is 4.79 Å². The maximum absolute atomic E-state index is 13.5. The van der Waals surface area contributed by atoms with Crippen LogP contribution >= 0.6 is 0 Å². The van der Waals surface area contributed by atoms with Gasteiger partial charge in [-0.2, -0.15) is 0 Å². The number of carbonyl (C=O) groups excluding carboxylic acids is 2. The lowest BCUT2D eigenvalue weighted by Gasteiger charge is -2.35. The van der Waals surface area contributed by atoms with Gasteiger partial charge in [0.1, 0.15) is 11.6 Å². The van der Waals surface area contributed by atoms with Crippen molar-refractivity contribution in [2.24, 2.45) is 0 Å². The molecule has 26 heavy (non-hydrogen) atoms. The number of anilines is 1. The number of aromatic amines is 1. The normalized spacial score (nSPS) is 14.7. The van der Waals surface area contributed by atoms with Crippen LogP contribution in [0.5, 0.6) is 0 Å². The first-order chi connectivity index (χ1) is 12.6. The fraction of sp³-hybridized carbons (Fsp3) is 0.211. The van der Waals surface area contributed by atoms with Crippen LogP contribution in [0.15, 0.2) is 48.8 Å². The van der Waals surface area contributed by atoms with E-state index in [0.29, 0.717) is 37.1 Å². The highest BCUT2D eigenvalue weighted by atomic mass is 19.1. The maximum atomic E-state index is 13.5. The molecule has 0 aliphatic carbocycles. The van der Waals surface area contributed by atoms with Crippen LogP contribution in [0.2, 0.25) is 0 Å². The first-order valence-corrected chi connectivity index (χ1v) is 8.40. The van der Waals surface area contributed by atoms with Gasteiger partial charge in [-0.25, -0.2) is 9.37 Å². The van der Waals surface area contributed by atoms with Crippen LogP contribution in [0, 0.1) is 5.82 Å². The van der Waals surface area contributed by atoms with Crippen molar-refractivity contribution >= 4 is 28.4 Å². The van der Waals surface area contributed by atoms with Gasteiger partial charge in [-0.1, -0.05) is 6.07 Å². The van der Waals surface area contributed by atoms with Gasteiger partial charge in [0.25, 0.3) is 11.7 Å². The lowest BCUT2D eigenvalue weighted by atomic mass is 10.1. The average molecular weight is 352 g/mol. The van der Waals surface area contributed by atoms with E-state index in [4.69, 9.17) is 0 Å². The van der Waals surface area contributed by atoms with E-state index in [9.17, 15) is 14.0 Å². The molecule has 1 aliphatic rings. The van der Waals surface area contributed by atoms with Gasteiger partial charge in [0, 0.05) is 49.5 Å². The standard InChI is InChI=1S/C19H17FN4O2/c20-13-4-5-16-14(11-13)15(12-22-16)18(25)19(26)24-9-7-23(8-10-24)17-3-1-2-6-21-17/h1-6,11-12,22H,7-10H2. The SMILES string of the molecule is O=C(C(=O)N1CCN(c2ccccn2)CC1)c1c[nH]c2ccc(F)cc12. The zero-order chi connectivity index (χ0) is 18.1. The van der Waals surface area contributed by atoms with Gasteiger partial charge in [0.15, 0.2) is 0 Å². The molecule has 0 atom stereocenters. The number of fused-ring (bicyclic) bond motifs is 1. The molecule has 1 fully saturated rings. The smallest absolute Gasteiger partial charge is 0.295 e. The molecule has 1 aliphatic heterocycles. The highest BCUT2D eigenvalue weighted by molar-refractivity contribution is 6.44. The fourth-order valence-electron chi connectivity index (χ4n) is 3.22. The number of ketones is 1. The number of halogens is 1. The number of hydrogen-bond donors (Lipinski definition) is 1. The van der Waals surface area contributed by atoms with Crippen LogP contribution in [0.25, 0.3) is 10.9 Å². The number of Topliss-reactive ketones (excluding diaryl/α,β-unsaturated/α-hetero) is 1.